The Morgan fingerprint density at radius 3 is 2.53 bits per heavy atom. The summed E-state index contributed by atoms with van der Waals surface area (Å²) >= 11 is 5.15. The van der Waals surface area contributed by atoms with E-state index < -0.39 is 0 Å². The summed E-state index contributed by atoms with van der Waals surface area (Å²) in [7, 11) is 0. The Balaban J connectivity index is 2.68. The van der Waals surface area contributed by atoms with Gasteiger partial charge in [0.15, 0.2) is 5.11 Å². The standard InChI is InChI=1S/C11H17N3S/c1-7(2)12-11(15)14-10-6-5-8(3)13-9(10)4/h5-7H,1-4H3,(H2,12,14,15). The van der Waals surface area contributed by atoms with Crippen LogP contribution in [0.5, 0.6) is 0 Å². The van der Waals surface area contributed by atoms with E-state index in [1.807, 2.05) is 39.8 Å². The molecule has 0 spiro atoms. The third-order valence-electron chi connectivity index (χ3n) is 1.89. The summed E-state index contributed by atoms with van der Waals surface area (Å²) in [6.45, 7) is 8.04. The molecule has 0 atom stereocenters. The van der Waals surface area contributed by atoms with Gasteiger partial charge in [0.1, 0.15) is 0 Å². The van der Waals surface area contributed by atoms with E-state index in [1.165, 1.54) is 0 Å². The Hall–Kier alpha value is -1.16. The van der Waals surface area contributed by atoms with Crippen LogP contribution >= 0.6 is 12.2 Å². The largest absolute Gasteiger partial charge is 0.360 e. The number of rotatable bonds is 2. The van der Waals surface area contributed by atoms with Crippen molar-refractivity contribution in [2.75, 3.05) is 5.32 Å². The molecule has 15 heavy (non-hydrogen) atoms. The van der Waals surface area contributed by atoms with E-state index in [2.05, 4.69) is 15.6 Å². The number of nitrogens with one attached hydrogen (secondary N) is 2. The monoisotopic (exact) mass is 223 g/mol. The molecule has 1 aromatic heterocycles. The van der Waals surface area contributed by atoms with E-state index in [1.54, 1.807) is 0 Å². The lowest BCUT2D eigenvalue weighted by molar-refractivity contribution is 0.739. The Bertz CT molecular complexity index is 361. The van der Waals surface area contributed by atoms with E-state index in [0.29, 0.717) is 11.2 Å². The van der Waals surface area contributed by atoms with Gasteiger partial charge in [0.25, 0.3) is 0 Å². The van der Waals surface area contributed by atoms with Crippen LogP contribution in [-0.4, -0.2) is 16.1 Å². The molecule has 2 N–H and O–H groups in total. The predicted octanol–water partition coefficient (Wildman–Crippen LogP) is 2.39. The number of thiocarbonyl (C=S) groups is 1. The fraction of sp³-hybridized carbons (Fsp3) is 0.455. The molecule has 1 heterocycles. The quantitative estimate of drug-likeness (QED) is 0.755. The maximum absolute atomic E-state index is 5.15. The Labute approximate surface area is 96.3 Å². The normalized spacial score (nSPS) is 10.2. The molecule has 0 bridgehead atoms. The van der Waals surface area contributed by atoms with Crippen LogP contribution in [0.25, 0.3) is 0 Å². The van der Waals surface area contributed by atoms with Gasteiger partial charge in [-0.15, -0.1) is 0 Å². The Kier molecular flexibility index (Phi) is 4.03. The highest BCUT2D eigenvalue weighted by atomic mass is 32.1. The molecule has 4 heteroatoms. The molecular weight excluding hydrogens is 206 g/mol. The lowest BCUT2D eigenvalue weighted by Gasteiger charge is -2.14. The van der Waals surface area contributed by atoms with Crippen molar-refractivity contribution < 1.29 is 0 Å². The van der Waals surface area contributed by atoms with Crippen molar-refractivity contribution in [1.29, 1.82) is 0 Å². The highest BCUT2D eigenvalue weighted by Crippen LogP contribution is 2.12. The second kappa shape index (κ2) is 5.07. The van der Waals surface area contributed by atoms with Crippen molar-refractivity contribution in [2.24, 2.45) is 0 Å². The number of aryl methyl sites for hydroxylation is 2. The first-order valence-corrected chi connectivity index (χ1v) is 5.41. The first-order chi connectivity index (χ1) is 6.99. The van der Waals surface area contributed by atoms with Gasteiger partial charge >= 0.3 is 0 Å². The summed E-state index contributed by atoms with van der Waals surface area (Å²) in [4.78, 5) is 4.36. The molecule has 0 saturated carbocycles. The first-order valence-electron chi connectivity index (χ1n) is 5.01. The van der Waals surface area contributed by atoms with Crippen LogP contribution in [0.2, 0.25) is 0 Å². The Morgan fingerprint density at radius 1 is 1.33 bits per heavy atom. The SMILES string of the molecule is Cc1ccc(NC(=S)NC(C)C)c(C)n1. The lowest BCUT2D eigenvalue weighted by Crippen LogP contribution is -2.34. The summed E-state index contributed by atoms with van der Waals surface area (Å²) in [6.07, 6.45) is 0. The van der Waals surface area contributed by atoms with Crippen molar-refractivity contribution in [1.82, 2.24) is 10.3 Å². The zero-order valence-electron chi connectivity index (χ0n) is 9.59. The highest BCUT2D eigenvalue weighted by Gasteiger charge is 2.02. The van der Waals surface area contributed by atoms with Crippen LogP contribution in [0.1, 0.15) is 25.2 Å². The molecule has 0 aliphatic carbocycles. The smallest absolute Gasteiger partial charge is 0.171 e. The topological polar surface area (TPSA) is 37.0 Å². The van der Waals surface area contributed by atoms with Gasteiger partial charge < -0.3 is 10.6 Å². The van der Waals surface area contributed by atoms with Crippen LogP contribution in [-0.2, 0) is 0 Å². The average molecular weight is 223 g/mol. The van der Waals surface area contributed by atoms with Gasteiger partial charge in [-0.05, 0) is 52.0 Å². The van der Waals surface area contributed by atoms with Crippen molar-refractivity contribution in [3.63, 3.8) is 0 Å². The molecule has 0 amide bonds. The van der Waals surface area contributed by atoms with Crippen LogP contribution in [0, 0.1) is 13.8 Å². The van der Waals surface area contributed by atoms with Gasteiger partial charge in [-0.2, -0.15) is 0 Å². The minimum Gasteiger partial charge on any atom is -0.360 e. The number of hydrogen-bond donors (Lipinski definition) is 2. The average Bonchev–Trinajstić information content (AvgIpc) is 2.08. The molecule has 0 saturated heterocycles. The fourth-order valence-corrected chi connectivity index (χ4v) is 1.58. The minimum absolute atomic E-state index is 0.337. The third-order valence-corrected chi connectivity index (χ3v) is 2.11. The van der Waals surface area contributed by atoms with E-state index in [9.17, 15) is 0 Å². The van der Waals surface area contributed by atoms with Crippen molar-refractivity contribution in [3.8, 4) is 0 Å². The minimum atomic E-state index is 0.337. The molecule has 1 aromatic rings. The van der Waals surface area contributed by atoms with Crippen LogP contribution in [0.15, 0.2) is 12.1 Å². The molecule has 0 aliphatic rings. The van der Waals surface area contributed by atoms with Gasteiger partial charge in [0.2, 0.25) is 0 Å². The number of nitrogens with zero attached hydrogens (tertiary/aromatic N) is 1. The van der Waals surface area contributed by atoms with Gasteiger partial charge in [-0.3, -0.25) is 4.98 Å². The summed E-state index contributed by atoms with van der Waals surface area (Å²) in [6, 6.07) is 4.29. The zero-order chi connectivity index (χ0) is 11.4. The van der Waals surface area contributed by atoms with E-state index >= 15 is 0 Å². The summed E-state index contributed by atoms with van der Waals surface area (Å²) in [5.41, 5.74) is 2.93. The van der Waals surface area contributed by atoms with Gasteiger partial charge in [0.05, 0.1) is 11.4 Å². The maximum atomic E-state index is 5.15. The number of pyridine rings is 1. The number of aromatic nitrogens is 1. The zero-order valence-corrected chi connectivity index (χ0v) is 10.4. The van der Waals surface area contributed by atoms with Crippen molar-refractivity contribution >= 4 is 23.0 Å². The van der Waals surface area contributed by atoms with Crippen molar-refractivity contribution in [3.05, 3.63) is 23.5 Å². The van der Waals surface area contributed by atoms with Crippen LogP contribution in [0.4, 0.5) is 5.69 Å². The number of anilines is 1. The van der Waals surface area contributed by atoms with Gasteiger partial charge in [-0.1, -0.05) is 0 Å². The molecule has 0 aliphatic heterocycles. The first kappa shape index (κ1) is 11.9. The van der Waals surface area contributed by atoms with Crippen LogP contribution in [0.3, 0.4) is 0 Å². The maximum Gasteiger partial charge on any atom is 0.171 e. The summed E-state index contributed by atoms with van der Waals surface area (Å²) in [5.74, 6) is 0. The second-order valence-electron chi connectivity index (χ2n) is 3.84. The summed E-state index contributed by atoms with van der Waals surface area (Å²) in [5, 5.41) is 6.89. The van der Waals surface area contributed by atoms with E-state index in [-0.39, 0.29) is 0 Å². The second-order valence-corrected chi connectivity index (χ2v) is 4.25. The molecule has 0 fully saturated rings. The number of hydrogen-bond acceptors (Lipinski definition) is 2. The molecular formula is C11H17N3S. The van der Waals surface area contributed by atoms with Crippen LogP contribution < -0.4 is 10.6 Å². The van der Waals surface area contributed by atoms with Gasteiger partial charge in [0, 0.05) is 11.7 Å². The molecule has 0 aromatic carbocycles. The van der Waals surface area contributed by atoms with E-state index in [4.69, 9.17) is 12.2 Å². The molecule has 82 valence electrons. The predicted molar refractivity (Wildman–Crippen MR) is 68.2 cm³/mol. The summed E-state index contributed by atoms with van der Waals surface area (Å²) < 4.78 is 0. The Morgan fingerprint density at radius 2 is 2.00 bits per heavy atom. The molecule has 0 radical (unpaired) electrons. The lowest BCUT2D eigenvalue weighted by atomic mass is 10.3. The molecule has 1 rings (SSSR count). The molecule has 0 unspecified atom stereocenters. The fourth-order valence-electron chi connectivity index (χ4n) is 1.24. The molecule has 3 nitrogen and oxygen atoms in total. The highest BCUT2D eigenvalue weighted by molar-refractivity contribution is 7.80. The van der Waals surface area contributed by atoms with E-state index in [0.717, 1.165) is 17.1 Å². The third kappa shape index (κ3) is 3.83. The van der Waals surface area contributed by atoms with Crippen molar-refractivity contribution in [2.45, 2.75) is 33.7 Å². The van der Waals surface area contributed by atoms with Gasteiger partial charge in [-0.25, -0.2) is 0 Å².